The quantitative estimate of drug-likeness (QED) is 0.444. The number of nitrogens with one attached hydrogen (secondary N) is 2. The minimum Gasteiger partial charge on any atom is -0.493 e. The van der Waals surface area contributed by atoms with Crippen LogP contribution in [0.15, 0.2) is 17.1 Å². The number of hydrogen-bond donors (Lipinski definition) is 2. The second-order valence-corrected chi connectivity index (χ2v) is 8.43. The molecule has 0 spiro atoms. The predicted octanol–water partition coefficient (Wildman–Crippen LogP) is 2.80. The van der Waals surface area contributed by atoms with Crippen molar-refractivity contribution < 1.29 is 18.9 Å². The van der Waals surface area contributed by atoms with E-state index in [0.29, 0.717) is 23.8 Å². The summed E-state index contributed by atoms with van der Waals surface area (Å²) in [4.78, 5) is 7.50. The highest BCUT2D eigenvalue weighted by Crippen LogP contribution is 2.40. The molecule has 0 bridgehead atoms. The Bertz CT molecular complexity index is 744. The molecule has 1 aromatic carbocycles. The molecule has 0 unspecified atom stereocenters. The molecule has 0 radical (unpaired) electrons. The lowest BCUT2D eigenvalue weighted by molar-refractivity contribution is -0.0352. The number of hydrogen-bond acceptors (Lipinski definition) is 6. The molecule has 180 valence electrons. The van der Waals surface area contributed by atoms with Gasteiger partial charge in [-0.3, -0.25) is 4.90 Å². The Morgan fingerprint density at radius 2 is 1.72 bits per heavy atom. The van der Waals surface area contributed by atoms with Gasteiger partial charge in [-0.15, -0.1) is 0 Å². The first-order chi connectivity index (χ1) is 15.7. The summed E-state index contributed by atoms with van der Waals surface area (Å²) in [6.07, 6.45) is 6.36. The van der Waals surface area contributed by atoms with E-state index >= 15 is 0 Å². The van der Waals surface area contributed by atoms with Gasteiger partial charge in [-0.05, 0) is 31.9 Å². The SMILES string of the molecule is CCNC(=NCc1ccc(OC)c(OC)c1OC)NCC1(N2CCOCC2)CCCCC1. The number of guanidine groups is 1. The van der Waals surface area contributed by atoms with Gasteiger partial charge in [0, 0.05) is 37.3 Å². The zero-order chi connectivity index (χ0) is 22.8. The highest BCUT2D eigenvalue weighted by molar-refractivity contribution is 5.80. The van der Waals surface area contributed by atoms with Crippen LogP contribution in [0.3, 0.4) is 0 Å². The zero-order valence-corrected chi connectivity index (χ0v) is 20.2. The van der Waals surface area contributed by atoms with Crippen molar-refractivity contribution in [3.63, 3.8) is 0 Å². The smallest absolute Gasteiger partial charge is 0.203 e. The lowest BCUT2D eigenvalue weighted by Gasteiger charge is -2.48. The Morgan fingerprint density at radius 3 is 2.34 bits per heavy atom. The third-order valence-electron chi connectivity index (χ3n) is 6.59. The minimum absolute atomic E-state index is 0.180. The van der Waals surface area contributed by atoms with Crippen molar-refractivity contribution in [3.8, 4) is 17.2 Å². The van der Waals surface area contributed by atoms with E-state index in [9.17, 15) is 0 Å². The molecule has 3 rings (SSSR count). The zero-order valence-electron chi connectivity index (χ0n) is 20.2. The van der Waals surface area contributed by atoms with Gasteiger partial charge in [-0.2, -0.15) is 0 Å². The van der Waals surface area contributed by atoms with Crippen LogP contribution >= 0.6 is 0 Å². The lowest BCUT2D eigenvalue weighted by atomic mass is 9.80. The molecule has 8 heteroatoms. The molecule has 2 N–H and O–H groups in total. The summed E-state index contributed by atoms with van der Waals surface area (Å²) in [5.74, 6) is 2.71. The average molecular weight is 449 g/mol. The molecule has 1 heterocycles. The second-order valence-electron chi connectivity index (χ2n) is 8.43. The van der Waals surface area contributed by atoms with Crippen molar-refractivity contribution in [3.05, 3.63) is 17.7 Å². The molecule has 0 atom stereocenters. The number of morpholine rings is 1. The fourth-order valence-corrected chi connectivity index (χ4v) is 4.89. The maximum atomic E-state index is 5.62. The number of aliphatic imine (C=N–C) groups is 1. The fraction of sp³-hybridized carbons (Fsp3) is 0.708. The first kappa shape index (κ1) is 24.5. The Kier molecular flexibility index (Phi) is 9.29. The molecule has 1 aromatic rings. The van der Waals surface area contributed by atoms with E-state index in [1.165, 1.54) is 32.1 Å². The van der Waals surface area contributed by atoms with E-state index in [-0.39, 0.29) is 5.54 Å². The molecule has 8 nitrogen and oxygen atoms in total. The molecule has 0 amide bonds. The van der Waals surface area contributed by atoms with E-state index < -0.39 is 0 Å². The van der Waals surface area contributed by atoms with Crippen LogP contribution in [0.2, 0.25) is 0 Å². The van der Waals surface area contributed by atoms with Gasteiger partial charge in [0.1, 0.15) is 0 Å². The maximum Gasteiger partial charge on any atom is 0.203 e. The molecule has 2 aliphatic rings. The van der Waals surface area contributed by atoms with Gasteiger partial charge in [-0.1, -0.05) is 19.3 Å². The number of methoxy groups -OCH3 is 3. The van der Waals surface area contributed by atoms with Crippen LogP contribution in [0.25, 0.3) is 0 Å². The summed E-state index contributed by atoms with van der Waals surface area (Å²) in [5, 5.41) is 7.05. The molecule has 0 aromatic heterocycles. The van der Waals surface area contributed by atoms with Crippen molar-refractivity contribution >= 4 is 5.96 Å². The summed E-state index contributed by atoms with van der Waals surface area (Å²) in [5.41, 5.74) is 1.13. The molecule has 2 fully saturated rings. The number of ether oxygens (including phenoxy) is 4. The fourth-order valence-electron chi connectivity index (χ4n) is 4.89. The van der Waals surface area contributed by atoms with E-state index in [1.54, 1.807) is 21.3 Å². The molecule has 1 saturated carbocycles. The van der Waals surface area contributed by atoms with E-state index in [1.807, 2.05) is 12.1 Å². The predicted molar refractivity (Wildman–Crippen MR) is 127 cm³/mol. The van der Waals surface area contributed by atoms with Gasteiger partial charge in [-0.25, -0.2) is 4.99 Å². The van der Waals surface area contributed by atoms with E-state index in [0.717, 1.165) is 50.9 Å². The van der Waals surface area contributed by atoms with Gasteiger partial charge in [0.2, 0.25) is 5.75 Å². The Balaban J connectivity index is 1.74. The highest BCUT2D eigenvalue weighted by Gasteiger charge is 2.38. The van der Waals surface area contributed by atoms with Crippen LogP contribution in [0, 0.1) is 0 Å². The second kappa shape index (κ2) is 12.2. The monoisotopic (exact) mass is 448 g/mol. The van der Waals surface area contributed by atoms with Crippen LogP contribution in [0.4, 0.5) is 0 Å². The van der Waals surface area contributed by atoms with E-state index in [2.05, 4.69) is 22.5 Å². The summed E-state index contributed by atoms with van der Waals surface area (Å²) < 4.78 is 22.1. The third kappa shape index (κ3) is 5.78. The Hall–Kier alpha value is -2.19. The van der Waals surface area contributed by atoms with Crippen molar-refractivity contribution in [2.24, 2.45) is 4.99 Å². The molecule has 1 aliphatic heterocycles. The van der Waals surface area contributed by atoms with Gasteiger partial charge in [0.25, 0.3) is 0 Å². The van der Waals surface area contributed by atoms with Crippen LogP contribution in [-0.2, 0) is 11.3 Å². The summed E-state index contributed by atoms with van der Waals surface area (Å²) in [6.45, 7) is 7.94. The Labute approximate surface area is 192 Å². The van der Waals surface area contributed by atoms with Crippen molar-refractivity contribution in [2.45, 2.75) is 51.1 Å². The number of rotatable bonds is 9. The molecule has 1 aliphatic carbocycles. The van der Waals surface area contributed by atoms with Crippen molar-refractivity contribution in [1.29, 1.82) is 0 Å². The third-order valence-corrected chi connectivity index (χ3v) is 6.59. The standard InChI is InChI=1S/C24H40N4O4/c1-5-25-23(26-17-19-9-10-20(29-2)22(31-4)21(19)30-3)27-18-24(11-7-6-8-12-24)28-13-15-32-16-14-28/h9-10H,5-8,11-18H2,1-4H3,(H2,25,26,27). The van der Waals surface area contributed by atoms with Crippen LogP contribution in [0.5, 0.6) is 17.2 Å². The number of benzene rings is 1. The summed E-state index contributed by atoms with van der Waals surface area (Å²) in [6, 6.07) is 3.87. The van der Waals surface area contributed by atoms with Gasteiger partial charge in [0.15, 0.2) is 17.5 Å². The summed E-state index contributed by atoms with van der Waals surface area (Å²) in [7, 11) is 4.88. The molecule has 32 heavy (non-hydrogen) atoms. The van der Waals surface area contributed by atoms with Crippen LogP contribution < -0.4 is 24.8 Å². The van der Waals surface area contributed by atoms with Gasteiger partial charge < -0.3 is 29.6 Å². The average Bonchev–Trinajstić information content (AvgIpc) is 2.86. The lowest BCUT2D eigenvalue weighted by Crippen LogP contribution is -2.60. The molecular formula is C24H40N4O4. The normalized spacial score (nSPS) is 19.3. The minimum atomic E-state index is 0.180. The van der Waals surface area contributed by atoms with E-state index in [4.69, 9.17) is 23.9 Å². The van der Waals surface area contributed by atoms with Crippen LogP contribution in [0.1, 0.15) is 44.6 Å². The van der Waals surface area contributed by atoms with Gasteiger partial charge in [0.05, 0.1) is 41.1 Å². The maximum absolute atomic E-state index is 5.62. The first-order valence-corrected chi connectivity index (χ1v) is 11.8. The topological polar surface area (TPSA) is 76.6 Å². The van der Waals surface area contributed by atoms with Crippen molar-refractivity contribution in [2.75, 3.05) is 60.7 Å². The van der Waals surface area contributed by atoms with Gasteiger partial charge >= 0.3 is 0 Å². The van der Waals surface area contributed by atoms with Crippen molar-refractivity contribution in [1.82, 2.24) is 15.5 Å². The number of nitrogens with zero attached hydrogens (tertiary/aromatic N) is 2. The Morgan fingerprint density at radius 1 is 1.00 bits per heavy atom. The largest absolute Gasteiger partial charge is 0.493 e. The molecule has 1 saturated heterocycles. The summed E-state index contributed by atoms with van der Waals surface area (Å²) >= 11 is 0. The van der Waals surface area contributed by atoms with Crippen LogP contribution in [-0.4, -0.2) is 77.1 Å². The highest BCUT2D eigenvalue weighted by atomic mass is 16.5. The first-order valence-electron chi connectivity index (χ1n) is 11.8. The molecular weight excluding hydrogens is 408 g/mol.